The van der Waals surface area contributed by atoms with Crippen molar-refractivity contribution < 1.29 is 4.79 Å². The van der Waals surface area contributed by atoms with Crippen molar-refractivity contribution in [1.29, 1.82) is 0 Å². The van der Waals surface area contributed by atoms with Crippen molar-refractivity contribution in [2.75, 3.05) is 0 Å². The second-order valence-electron chi connectivity index (χ2n) is 9.42. The molecule has 0 radical (unpaired) electrons. The first-order valence-corrected chi connectivity index (χ1v) is 9.47. The van der Waals surface area contributed by atoms with Crippen LogP contribution in [0, 0.1) is 40.4 Å². The first kappa shape index (κ1) is 14.3. The lowest BCUT2D eigenvalue weighted by Crippen LogP contribution is -2.53. The summed E-state index contributed by atoms with van der Waals surface area (Å²) in [4.78, 5) is 11.9. The van der Waals surface area contributed by atoms with E-state index in [0.29, 0.717) is 22.5 Å². The van der Waals surface area contributed by atoms with Gasteiger partial charge in [0.25, 0.3) is 0 Å². The number of fused-ring (bicyclic) bond motifs is 5. The van der Waals surface area contributed by atoms with Crippen LogP contribution in [0.4, 0.5) is 0 Å². The van der Waals surface area contributed by atoms with Gasteiger partial charge in [-0.25, -0.2) is 0 Å². The Morgan fingerprint density at radius 3 is 2.48 bits per heavy atom. The minimum Gasteiger partial charge on any atom is -0.300 e. The SMILES string of the molecule is CC1CCC2C3CCC4CC(=O)CCC4(C)C3CCC12C. The van der Waals surface area contributed by atoms with Gasteiger partial charge in [-0.3, -0.25) is 4.79 Å². The molecule has 4 aliphatic carbocycles. The molecule has 4 fully saturated rings. The van der Waals surface area contributed by atoms with E-state index in [4.69, 9.17) is 0 Å². The van der Waals surface area contributed by atoms with Crippen molar-refractivity contribution >= 4 is 5.78 Å². The van der Waals surface area contributed by atoms with Gasteiger partial charge in [-0.15, -0.1) is 0 Å². The summed E-state index contributed by atoms with van der Waals surface area (Å²) >= 11 is 0. The van der Waals surface area contributed by atoms with E-state index in [2.05, 4.69) is 20.8 Å². The van der Waals surface area contributed by atoms with Gasteiger partial charge >= 0.3 is 0 Å². The highest BCUT2D eigenvalue weighted by Crippen LogP contribution is 2.67. The molecule has 118 valence electrons. The number of ketones is 1. The Labute approximate surface area is 130 Å². The molecule has 4 rings (SSSR count). The Bertz CT molecular complexity index is 455. The van der Waals surface area contributed by atoms with E-state index in [-0.39, 0.29) is 0 Å². The number of carbonyl (C=O) groups is 1. The summed E-state index contributed by atoms with van der Waals surface area (Å²) < 4.78 is 0. The molecule has 0 aliphatic heterocycles. The quantitative estimate of drug-likeness (QED) is 0.596. The number of Topliss-reactive ketones (excluding diaryl/α,β-unsaturated/α-hetero) is 1. The number of hydrogen-bond donors (Lipinski definition) is 0. The summed E-state index contributed by atoms with van der Waals surface area (Å²) in [6, 6.07) is 0. The van der Waals surface area contributed by atoms with Gasteiger partial charge in [0.15, 0.2) is 0 Å². The summed E-state index contributed by atoms with van der Waals surface area (Å²) in [5.74, 6) is 5.08. The van der Waals surface area contributed by atoms with E-state index in [9.17, 15) is 4.79 Å². The van der Waals surface area contributed by atoms with Crippen LogP contribution < -0.4 is 0 Å². The largest absolute Gasteiger partial charge is 0.300 e. The fourth-order valence-electron chi connectivity index (χ4n) is 7.31. The van der Waals surface area contributed by atoms with Gasteiger partial charge in [-0.2, -0.15) is 0 Å². The first-order chi connectivity index (χ1) is 9.95. The van der Waals surface area contributed by atoms with Crippen molar-refractivity contribution in [1.82, 2.24) is 0 Å². The van der Waals surface area contributed by atoms with Gasteiger partial charge in [0.2, 0.25) is 0 Å². The Balaban J connectivity index is 1.64. The maximum absolute atomic E-state index is 11.9. The Kier molecular flexibility index (Phi) is 3.12. The summed E-state index contributed by atoms with van der Waals surface area (Å²) in [5.41, 5.74) is 1.12. The standard InChI is InChI=1S/C20H32O/c1-13-4-7-17-16-6-5-14-12-15(21)8-10-20(14,3)18(16)9-11-19(13,17)2/h13-14,16-18H,4-12H2,1-3H3. The van der Waals surface area contributed by atoms with Crippen LogP contribution in [0.25, 0.3) is 0 Å². The van der Waals surface area contributed by atoms with Crippen molar-refractivity contribution in [3.63, 3.8) is 0 Å². The van der Waals surface area contributed by atoms with Crippen LogP contribution in [0.2, 0.25) is 0 Å². The van der Waals surface area contributed by atoms with Gasteiger partial charge in [0.05, 0.1) is 0 Å². The molecular weight excluding hydrogens is 256 g/mol. The molecule has 4 aliphatic rings. The summed E-state index contributed by atoms with van der Waals surface area (Å²) in [7, 11) is 0. The zero-order valence-electron chi connectivity index (χ0n) is 14.2. The summed E-state index contributed by atoms with van der Waals surface area (Å²) in [6.07, 6.45) is 11.6. The highest BCUT2D eigenvalue weighted by atomic mass is 16.1. The number of carbonyl (C=O) groups excluding carboxylic acids is 1. The predicted molar refractivity (Wildman–Crippen MR) is 85.9 cm³/mol. The fourth-order valence-corrected chi connectivity index (χ4v) is 7.31. The van der Waals surface area contributed by atoms with Crippen LogP contribution in [-0.2, 0) is 4.79 Å². The van der Waals surface area contributed by atoms with Gasteiger partial charge in [0, 0.05) is 12.8 Å². The van der Waals surface area contributed by atoms with Gasteiger partial charge < -0.3 is 0 Å². The molecule has 0 N–H and O–H groups in total. The second kappa shape index (κ2) is 4.59. The lowest BCUT2D eigenvalue weighted by molar-refractivity contribution is -0.139. The molecule has 1 nitrogen and oxygen atoms in total. The average Bonchev–Trinajstić information content (AvgIpc) is 2.76. The van der Waals surface area contributed by atoms with Crippen LogP contribution in [-0.4, -0.2) is 5.78 Å². The average molecular weight is 288 g/mol. The Morgan fingerprint density at radius 1 is 0.905 bits per heavy atom. The molecule has 0 aromatic heterocycles. The van der Waals surface area contributed by atoms with Gasteiger partial charge in [0.1, 0.15) is 5.78 Å². The lowest BCUT2D eigenvalue weighted by Gasteiger charge is -2.60. The van der Waals surface area contributed by atoms with Gasteiger partial charge in [-0.05, 0) is 85.4 Å². The molecule has 0 amide bonds. The van der Waals surface area contributed by atoms with Crippen LogP contribution in [0.15, 0.2) is 0 Å². The third-order valence-corrected chi connectivity index (χ3v) is 8.96. The number of hydrogen-bond acceptors (Lipinski definition) is 1. The highest BCUT2D eigenvalue weighted by Gasteiger charge is 2.59. The maximum Gasteiger partial charge on any atom is 0.133 e. The van der Waals surface area contributed by atoms with E-state index in [1.807, 2.05) is 0 Å². The second-order valence-corrected chi connectivity index (χ2v) is 9.42. The monoisotopic (exact) mass is 288 g/mol. The molecule has 0 aromatic rings. The van der Waals surface area contributed by atoms with Crippen LogP contribution >= 0.6 is 0 Å². The smallest absolute Gasteiger partial charge is 0.133 e. The minimum absolute atomic E-state index is 0.490. The van der Waals surface area contributed by atoms with E-state index < -0.39 is 0 Å². The third-order valence-electron chi connectivity index (χ3n) is 8.96. The fraction of sp³-hybridized carbons (Fsp3) is 0.950. The molecule has 7 unspecified atom stereocenters. The van der Waals surface area contributed by atoms with Crippen molar-refractivity contribution in [3.05, 3.63) is 0 Å². The van der Waals surface area contributed by atoms with E-state index in [1.54, 1.807) is 0 Å². The normalized spacial score (nSPS) is 56.5. The molecule has 7 atom stereocenters. The number of rotatable bonds is 0. The third kappa shape index (κ3) is 1.85. The molecule has 0 spiro atoms. The predicted octanol–water partition coefficient (Wildman–Crippen LogP) is 5.23. The lowest BCUT2D eigenvalue weighted by atomic mass is 9.45. The van der Waals surface area contributed by atoms with E-state index >= 15 is 0 Å². The van der Waals surface area contributed by atoms with Crippen molar-refractivity contribution in [3.8, 4) is 0 Å². The summed E-state index contributed by atoms with van der Waals surface area (Å²) in [6.45, 7) is 7.67. The van der Waals surface area contributed by atoms with Crippen LogP contribution in [0.3, 0.4) is 0 Å². The summed E-state index contributed by atoms with van der Waals surface area (Å²) in [5, 5.41) is 0. The van der Waals surface area contributed by atoms with Crippen molar-refractivity contribution in [2.45, 2.75) is 78.6 Å². The Hall–Kier alpha value is -0.330. The topological polar surface area (TPSA) is 17.1 Å². The van der Waals surface area contributed by atoms with Crippen molar-refractivity contribution in [2.24, 2.45) is 40.4 Å². The van der Waals surface area contributed by atoms with Crippen LogP contribution in [0.5, 0.6) is 0 Å². The van der Waals surface area contributed by atoms with E-state index in [1.165, 1.54) is 44.9 Å². The van der Waals surface area contributed by atoms with Crippen LogP contribution in [0.1, 0.15) is 78.6 Å². The molecule has 0 saturated heterocycles. The Morgan fingerprint density at radius 2 is 1.67 bits per heavy atom. The van der Waals surface area contributed by atoms with E-state index in [0.717, 1.165) is 36.5 Å². The van der Waals surface area contributed by atoms with Gasteiger partial charge in [-0.1, -0.05) is 20.8 Å². The molecule has 1 heteroatoms. The molecule has 21 heavy (non-hydrogen) atoms. The molecule has 0 heterocycles. The zero-order valence-corrected chi connectivity index (χ0v) is 14.2. The molecule has 4 saturated carbocycles. The molecular formula is C20H32O. The molecule has 0 aromatic carbocycles. The molecule has 0 bridgehead atoms. The minimum atomic E-state index is 0.490. The zero-order chi connectivity index (χ0) is 14.8. The maximum atomic E-state index is 11.9. The first-order valence-electron chi connectivity index (χ1n) is 9.47. The highest BCUT2D eigenvalue weighted by molar-refractivity contribution is 5.79.